The second-order valence-corrected chi connectivity index (χ2v) is 9.08. The number of amides is 2. The standard InChI is InChI=1S/C26H29ClN2O8S/c1-4-35-24(32)16-12-17(25(33)36-5-2)14-18(13-16)28-22(30)15-37-26(34)21(10-11-38-3)29-23(31)19-8-6-7-9-20(19)27/h6-9,12-14,21H,4-5,10-11,15H2,1-3H3,(H,28,30)(H,29,31)/t21-/m1/s1. The van der Waals surface area contributed by atoms with E-state index in [2.05, 4.69) is 10.6 Å². The van der Waals surface area contributed by atoms with Crippen LogP contribution in [0.5, 0.6) is 0 Å². The van der Waals surface area contributed by atoms with Crippen molar-refractivity contribution in [2.45, 2.75) is 26.3 Å². The number of carbonyl (C=O) groups excluding carboxylic acids is 5. The minimum absolute atomic E-state index is 0.0316. The van der Waals surface area contributed by atoms with Gasteiger partial charge in [0.05, 0.1) is 34.9 Å². The maximum absolute atomic E-state index is 12.7. The van der Waals surface area contributed by atoms with Gasteiger partial charge in [-0.05, 0) is 62.6 Å². The van der Waals surface area contributed by atoms with E-state index in [1.165, 1.54) is 36.0 Å². The molecule has 0 saturated heterocycles. The van der Waals surface area contributed by atoms with Gasteiger partial charge in [-0.3, -0.25) is 9.59 Å². The van der Waals surface area contributed by atoms with Crippen LogP contribution in [-0.2, 0) is 23.8 Å². The van der Waals surface area contributed by atoms with Crippen molar-refractivity contribution >= 4 is 58.8 Å². The van der Waals surface area contributed by atoms with Crippen molar-refractivity contribution in [1.29, 1.82) is 0 Å². The highest BCUT2D eigenvalue weighted by Crippen LogP contribution is 2.18. The van der Waals surface area contributed by atoms with E-state index in [0.717, 1.165) is 0 Å². The van der Waals surface area contributed by atoms with Crippen LogP contribution in [0.2, 0.25) is 5.02 Å². The van der Waals surface area contributed by atoms with Crippen LogP contribution in [0.3, 0.4) is 0 Å². The number of benzene rings is 2. The summed E-state index contributed by atoms with van der Waals surface area (Å²) < 4.78 is 15.1. The SMILES string of the molecule is CCOC(=O)c1cc(NC(=O)COC(=O)[C@@H](CCSC)NC(=O)c2ccccc2Cl)cc(C(=O)OCC)c1. The molecule has 0 unspecified atom stereocenters. The second-order valence-electron chi connectivity index (χ2n) is 7.68. The van der Waals surface area contributed by atoms with Gasteiger partial charge in [0.15, 0.2) is 6.61 Å². The summed E-state index contributed by atoms with van der Waals surface area (Å²) in [6, 6.07) is 9.33. The Labute approximate surface area is 229 Å². The molecule has 2 aromatic rings. The maximum Gasteiger partial charge on any atom is 0.338 e. The van der Waals surface area contributed by atoms with Crippen molar-refractivity contribution in [3.63, 3.8) is 0 Å². The van der Waals surface area contributed by atoms with E-state index in [-0.39, 0.29) is 47.0 Å². The predicted molar refractivity (Wildman–Crippen MR) is 144 cm³/mol. The normalized spacial score (nSPS) is 11.2. The zero-order valence-corrected chi connectivity index (χ0v) is 22.8. The summed E-state index contributed by atoms with van der Waals surface area (Å²) in [5.41, 5.74) is 0.367. The van der Waals surface area contributed by atoms with E-state index >= 15 is 0 Å². The van der Waals surface area contributed by atoms with Crippen LogP contribution in [0.4, 0.5) is 5.69 Å². The molecular formula is C26H29ClN2O8S. The number of nitrogens with one attached hydrogen (secondary N) is 2. The van der Waals surface area contributed by atoms with Gasteiger partial charge < -0.3 is 24.8 Å². The van der Waals surface area contributed by atoms with Gasteiger partial charge in [-0.15, -0.1) is 0 Å². The molecule has 0 aliphatic rings. The van der Waals surface area contributed by atoms with Crippen LogP contribution in [-0.4, -0.2) is 67.6 Å². The summed E-state index contributed by atoms with van der Waals surface area (Å²) in [7, 11) is 0. The summed E-state index contributed by atoms with van der Waals surface area (Å²) in [5.74, 6) is -2.91. The number of carbonyl (C=O) groups is 5. The minimum Gasteiger partial charge on any atom is -0.462 e. The lowest BCUT2D eigenvalue weighted by Crippen LogP contribution is -2.43. The monoisotopic (exact) mass is 564 g/mol. The van der Waals surface area contributed by atoms with E-state index in [1.807, 2.05) is 6.26 Å². The maximum atomic E-state index is 12.7. The number of rotatable bonds is 13. The smallest absolute Gasteiger partial charge is 0.338 e. The zero-order valence-electron chi connectivity index (χ0n) is 21.2. The molecule has 2 N–H and O–H groups in total. The number of hydrogen-bond donors (Lipinski definition) is 2. The van der Waals surface area contributed by atoms with Crippen LogP contribution >= 0.6 is 23.4 Å². The van der Waals surface area contributed by atoms with Gasteiger partial charge in [-0.25, -0.2) is 14.4 Å². The quantitative estimate of drug-likeness (QED) is 0.275. The van der Waals surface area contributed by atoms with Gasteiger partial charge in [0, 0.05) is 5.69 Å². The number of esters is 3. The van der Waals surface area contributed by atoms with Crippen LogP contribution in [0.1, 0.15) is 51.3 Å². The first-order valence-electron chi connectivity index (χ1n) is 11.7. The molecule has 10 nitrogen and oxygen atoms in total. The Morgan fingerprint density at radius 3 is 2.08 bits per heavy atom. The zero-order chi connectivity index (χ0) is 28.1. The van der Waals surface area contributed by atoms with E-state index in [0.29, 0.717) is 5.75 Å². The average molecular weight is 565 g/mol. The molecule has 12 heteroatoms. The summed E-state index contributed by atoms with van der Waals surface area (Å²) in [4.78, 5) is 62.3. The first-order chi connectivity index (χ1) is 18.2. The van der Waals surface area contributed by atoms with Crippen LogP contribution < -0.4 is 10.6 Å². The Morgan fingerprint density at radius 1 is 0.921 bits per heavy atom. The molecule has 0 heterocycles. The summed E-state index contributed by atoms with van der Waals surface area (Å²) in [5, 5.41) is 5.32. The Kier molecular flexibility index (Phi) is 12.6. The van der Waals surface area contributed by atoms with Crippen molar-refractivity contribution in [3.05, 3.63) is 64.2 Å². The second kappa shape index (κ2) is 15.6. The van der Waals surface area contributed by atoms with E-state index < -0.39 is 42.4 Å². The Morgan fingerprint density at radius 2 is 1.53 bits per heavy atom. The minimum atomic E-state index is -1.01. The van der Waals surface area contributed by atoms with Crippen LogP contribution in [0.25, 0.3) is 0 Å². The summed E-state index contributed by atoms with van der Waals surface area (Å²) in [6.07, 6.45) is 2.11. The van der Waals surface area contributed by atoms with Crippen LogP contribution in [0.15, 0.2) is 42.5 Å². The molecule has 0 aliphatic carbocycles. The van der Waals surface area contributed by atoms with Gasteiger partial charge in [-0.1, -0.05) is 23.7 Å². The molecule has 0 fully saturated rings. The number of hydrogen-bond acceptors (Lipinski definition) is 9. The molecule has 0 radical (unpaired) electrons. The number of halogens is 1. The molecule has 1 atom stereocenters. The fourth-order valence-corrected chi connectivity index (χ4v) is 3.86. The predicted octanol–water partition coefficient (Wildman–Crippen LogP) is 3.73. The molecule has 2 rings (SSSR count). The van der Waals surface area contributed by atoms with Crippen molar-refractivity contribution < 1.29 is 38.2 Å². The third-order valence-corrected chi connectivity index (χ3v) is 5.88. The third-order valence-electron chi connectivity index (χ3n) is 4.90. The summed E-state index contributed by atoms with van der Waals surface area (Å²) >= 11 is 7.54. The third kappa shape index (κ3) is 9.38. The molecule has 38 heavy (non-hydrogen) atoms. The van der Waals surface area contributed by atoms with Crippen LogP contribution in [0, 0.1) is 0 Å². The van der Waals surface area contributed by atoms with E-state index in [4.69, 9.17) is 25.8 Å². The van der Waals surface area contributed by atoms with E-state index in [9.17, 15) is 24.0 Å². The number of anilines is 1. The molecule has 2 aromatic carbocycles. The molecule has 0 saturated carbocycles. The highest BCUT2D eigenvalue weighted by molar-refractivity contribution is 7.98. The van der Waals surface area contributed by atoms with Gasteiger partial charge in [0.25, 0.3) is 11.8 Å². The Bertz CT molecular complexity index is 1140. The van der Waals surface area contributed by atoms with Gasteiger partial charge >= 0.3 is 17.9 Å². The number of thioether (sulfide) groups is 1. The largest absolute Gasteiger partial charge is 0.462 e. The Balaban J connectivity index is 2.09. The lowest BCUT2D eigenvalue weighted by molar-refractivity contribution is -0.149. The van der Waals surface area contributed by atoms with Gasteiger partial charge in [0.1, 0.15) is 6.04 Å². The van der Waals surface area contributed by atoms with Crippen molar-refractivity contribution in [2.75, 3.05) is 37.1 Å². The molecule has 0 aliphatic heterocycles. The highest BCUT2D eigenvalue weighted by atomic mass is 35.5. The fourth-order valence-electron chi connectivity index (χ4n) is 3.16. The molecule has 0 spiro atoms. The van der Waals surface area contributed by atoms with E-state index in [1.54, 1.807) is 32.0 Å². The molecule has 2 amide bonds. The molecule has 0 bridgehead atoms. The van der Waals surface area contributed by atoms with Crippen molar-refractivity contribution in [2.24, 2.45) is 0 Å². The topological polar surface area (TPSA) is 137 Å². The fraction of sp³-hybridized carbons (Fsp3) is 0.346. The van der Waals surface area contributed by atoms with Crippen molar-refractivity contribution in [1.82, 2.24) is 5.32 Å². The molecule has 204 valence electrons. The van der Waals surface area contributed by atoms with Gasteiger partial charge in [-0.2, -0.15) is 11.8 Å². The summed E-state index contributed by atoms with van der Waals surface area (Å²) in [6.45, 7) is 2.82. The first-order valence-corrected chi connectivity index (χ1v) is 13.5. The first kappa shape index (κ1) is 30.7. The lowest BCUT2D eigenvalue weighted by atomic mass is 10.1. The average Bonchev–Trinajstić information content (AvgIpc) is 2.89. The highest BCUT2D eigenvalue weighted by Gasteiger charge is 2.24. The lowest BCUT2D eigenvalue weighted by Gasteiger charge is -2.18. The van der Waals surface area contributed by atoms with Crippen molar-refractivity contribution in [3.8, 4) is 0 Å². The molecule has 0 aromatic heterocycles. The van der Waals surface area contributed by atoms with Gasteiger partial charge in [0.2, 0.25) is 0 Å². The molecular weight excluding hydrogens is 536 g/mol. The number of ether oxygens (including phenoxy) is 3. The Hall–Kier alpha value is -3.57.